The summed E-state index contributed by atoms with van der Waals surface area (Å²) in [6.45, 7) is 0. The van der Waals surface area contributed by atoms with Crippen molar-refractivity contribution in [2.75, 3.05) is 7.11 Å². The Morgan fingerprint density at radius 3 is 2.82 bits per heavy atom. The Morgan fingerprint density at radius 1 is 1.59 bits per heavy atom. The average molecular weight is 320 g/mol. The number of esters is 1. The van der Waals surface area contributed by atoms with Crippen molar-refractivity contribution in [2.45, 2.75) is 6.04 Å². The van der Waals surface area contributed by atoms with E-state index in [2.05, 4.69) is 30.9 Å². The third-order valence-corrected chi connectivity index (χ3v) is 2.57. The molecule has 0 amide bonds. The molecule has 17 heavy (non-hydrogen) atoms. The fourth-order valence-corrected chi connectivity index (χ4v) is 1.65. The summed E-state index contributed by atoms with van der Waals surface area (Å²) in [5, 5.41) is 7.64. The van der Waals surface area contributed by atoms with Crippen molar-refractivity contribution >= 4 is 45.5 Å². The van der Waals surface area contributed by atoms with Gasteiger partial charge in [-0.05, 0) is 18.2 Å². The third-order valence-electron chi connectivity index (χ3n) is 1.77. The number of methoxy groups -OCH3 is 1. The summed E-state index contributed by atoms with van der Waals surface area (Å²) in [4.78, 5) is 21.6. The van der Waals surface area contributed by atoms with Gasteiger partial charge in [0.15, 0.2) is 6.29 Å². The normalized spacial score (nSPS) is 12.4. The maximum Gasteiger partial charge on any atom is 0.340 e. The van der Waals surface area contributed by atoms with Gasteiger partial charge >= 0.3 is 5.97 Å². The average Bonchev–Trinajstić information content (AvgIpc) is 2.31. The predicted molar refractivity (Wildman–Crippen MR) is 65.5 cm³/mol. The molecule has 1 atom stereocenters. The number of hydrogen-bond donors (Lipinski definition) is 0. The van der Waals surface area contributed by atoms with Crippen LogP contribution in [0.4, 0.5) is 5.69 Å². The van der Waals surface area contributed by atoms with E-state index in [-0.39, 0.29) is 0 Å². The Labute approximate surface area is 111 Å². The Balaban J connectivity index is 2.88. The Morgan fingerprint density at radius 2 is 2.29 bits per heavy atom. The van der Waals surface area contributed by atoms with Gasteiger partial charge < -0.3 is 9.53 Å². The van der Waals surface area contributed by atoms with Crippen molar-refractivity contribution in [3.63, 3.8) is 0 Å². The number of carbonyl (C=O) groups is 2. The molecule has 1 unspecified atom stereocenters. The summed E-state index contributed by atoms with van der Waals surface area (Å²) in [5.74, 6) is -0.767. The summed E-state index contributed by atoms with van der Waals surface area (Å²) in [5.41, 5.74) is 0.366. The van der Waals surface area contributed by atoms with Gasteiger partial charge in [0, 0.05) is 4.47 Å². The van der Waals surface area contributed by atoms with E-state index >= 15 is 0 Å². The second-order valence-corrected chi connectivity index (χ2v) is 4.24. The summed E-state index contributed by atoms with van der Waals surface area (Å²) in [6.07, 6.45) is 0.349. The Bertz CT molecular complexity index is 465. The molecule has 0 radical (unpaired) electrons. The minimum Gasteiger partial charge on any atom is -0.467 e. The molecule has 0 saturated carbocycles. The first kappa shape index (κ1) is 13.8. The summed E-state index contributed by atoms with van der Waals surface area (Å²) in [6, 6.07) is 3.69. The number of rotatable bonds is 4. The molecule has 0 aliphatic rings. The van der Waals surface area contributed by atoms with E-state index in [4.69, 9.17) is 11.6 Å². The van der Waals surface area contributed by atoms with Gasteiger partial charge in [-0.2, -0.15) is 10.2 Å². The molecule has 0 aliphatic heterocycles. The van der Waals surface area contributed by atoms with Crippen molar-refractivity contribution in [1.29, 1.82) is 0 Å². The van der Waals surface area contributed by atoms with Crippen molar-refractivity contribution < 1.29 is 14.3 Å². The van der Waals surface area contributed by atoms with Crippen LogP contribution in [0.5, 0.6) is 0 Å². The minimum atomic E-state index is -1.26. The number of hydrogen-bond acceptors (Lipinski definition) is 5. The first-order chi connectivity index (χ1) is 8.08. The zero-order valence-corrected chi connectivity index (χ0v) is 11.1. The minimum absolute atomic E-state index is 0.349. The fourth-order valence-electron chi connectivity index (χ4n) is 0.937. The van der Waals surface area contributed by atoms with E-state index in [1.165, 1.54) is 7.11 Å². The summed E-state index contributed by atoms with van der Waals surface area (Å²) >= 11 is 9.12. The molecule has 1 aromatic rings. The van der Waals surface area contributed by atoms with Crippen molar-refractivity contribution in [2.24, 2.45) is 10.2 Å². The molecule has 0 aromatic heterocycles. The molecule has 90 valence electrons. The van der Waals surface area contributed by atoms with Gasteiger partial charge in [0.25, 0.3) is 0 Å². The van der Waals surface area contributed by atoms with Crippen LogP contribution in [0.2, 0.25) is 5.02 Å². The second kappa shape index (κ2) is 6.46. The highest BCUT2D eigenvalue weighted by atomic mass is 79.9. The SMILES string of the molecule is COC(=O)C(C=O)N=Nc1ccc(Br)cc1Cl. The predicted octanol–water partition coefficient (Wildman–Crippen LogP) is 2.93. The van der Waals surface area contributed by atoms with Crippen LogP contribution in [0, 0.1) is 0 Å². The van der Waals surface area contributed by atoms with Gasteiger partial charge in [-0.3, -0.25) is 0 Å². The number of nitrogens with zero attached hydrogens (tertiary/aromatic N) is 2. The van der Waals surface area contributed by atoms with Gasteiger partial charge in [-0.25, -0.2) is 4.79 Å². The summed E-state index contributed by atoms with van der Waals surface area (Å²) in [7, 11) is 1.17. The summed E-state index contributed by atoms with van der Waals surface area (Å²) < 4.78 is 5.17. The molecular weight excluding hydrogens is 311 g/mol. The monoisotopic (exact) mass is 318 g/mol. The number of azo groups is 1. The fraction of sp³-hybridized carbons (Fsp3) is 0.200. The van der Waals surface area contributed by atoms with Gasteiger partial charge in [0.05, 0.1) is 12.1 Å². The molecular formula is C10H8BrClN2O3. The topological polar surface area (TPSA) is 68.1 Å². The number of carbonyl (C=O) groups excluding carboxylic acids is 2. The number of aldehydes is 1. The molecule has 7 heteroatoms. The van der Waals surface area contributed by atoms with E-state index < -0.39 is 12.0 Å². The molecule has 0 bridgehead atoms. The first-order valence-corrected chi connectivity index (χ1v) is 5.64. The molecule has 1 aromatic carbocycles. The van der Waals surface area contributed by atoms with Crippen LogP contribution in [0.25, 0.3) is 0 Å². The maximum absolute atomic E-state index is 11.1. The number of halogens is 2. The lowest BCUT2D eigenvalue weighted by Crippen LogP contribution is -2.20. The van der Waals surface area contributed by atoms with E-state index in [0.29, 0.717) is 17.0 Å². The molecule has 0 spiro atoms. The third kappa shape index (κ3) is 3.90. The van der Waals surface area contributed by atoms with Gasteiger partial charge in [-0.1, -0.05) is 27.5 Å². The van der Waals surface area contributed by atoms with Crippen LogP contribution in [0.1, 0.15) is 0 Å². The zero-order valence-electron chi connectivity index (χ0n) is 8.76. The Kier molecular flexibility index (Phi) is 5.24. The van der Waals surface area contributed by atoms with Gasteiger partial charge in [0.1, 0.15) is 5.69 Å². The van der Waals surface area contributed by atoms with Crippen LogP contribution in [0.3, 0.4) is 0 Å². The van der Waals surface area contributed by atoms with Crippen LogP contribution < -0.4 is 0 Å². The zero-order chi connectivity index (χ0) is 12.8. The number of benzene rings is 1. The molecule has 1 rings (SSSR count). The maximum atomic E-state index is 11.1. The van der Waals surface area contributed by atoms with E-state index in [1.807, 2.05) is 0 Å². The Hall–Kier alpha value is -1.27. The lowest BCUT2D eigenvalue weighted by molar-refractivity contribution is -0.143. The van der Waals surface area contributed by atoms with Gasteiger partial charge in [-0.15, -0.1) is 0 Å². The molecule has 0 aliphatic carbocycles. The molecule has 0 heterocycles. The van der Waals surface area contributed by atoms with E-state index in [0.717, 1.165) is 4.47 Å². The molecule has 0 N–H and O–H groups in total. The lowest BCUT2D eigenvalue weighted by atomic mass is 10.3. The molecule has 5 nitrogen and oxygen atoms in total. The van der Waals surface area contributed by atoms with Crippen LogP contribution in [-0.2, 0) is 14.3 Å². The smallest absolute Gasteiger partial charge is 0.340 e. The highest BCUT2D eigenvalue weighted by Gasteiger charge is 2.17. The molecule has 0 saturated heterocycles. The van der Waals surface area contributed by atoms with E-state index in [9.17, 15) is 9.59 Å². The van der Waals surface area contributed by atoms with Crippen LogP contribution in [0.15, 0.2) is 32.9 Å². The molecule has 0 fully saturated rings. The quantitative estimate of drug-likeness (QED) is 0.371. The van der Waals surface area contributed by atoms with Crippen LogP contribution in [-0.4, -0.2) is 25.4 Å². The first-order valence-electron chi connectivity index (χ1n) is 4.47. The second-order valence-electron chi connectivity index (χ2n) is 2.92. The van der Waals surface area contributed by atoms with Crippen molar-refractivity contribution in [3.8, 4) is 0 Å². The van der Waals surface area contributed by atoms with E-state index in [1.54, 1.807) is 18.2 Å². The lowest BCUT2D eigenvalue weighted by Gasteiger charge is -2.01. The highest BCUT2D eigenvalue weighted by Crippen LogP contribution is 2.28. The van der Waals surface area contributed by atoms with Crippen molar-refractivity contribution in [3.05, 3.63) is 27.7 Å². The highest BCUT2D eigenvalue weighted by molar-refractivity contribution is 9.10. The largest absolute Gasteiger partial charge is 0.467 e. The standard InChI is InChI=1S/C10H8BrClN2O3/c1-17-10(16)9(5-15)14-13-8-3-2-6(11)4-7(8)12/h2-5,9H,1H3. The van der Waals surface area contributed by atoms with Gasteiger partial charge in [0.2, 0.25) is 6.04 Å². The number of ether oxygens (including phenoxy) is 1. The van der Waals surface area contributed by atoms with Crippen molar-refractivity contribution in [1.82, 2.24) is 0 Å². The van der Waals surface area contributed by atoms with Crippen LogP contribution >= 0.6 is 27.5 Å².